The molecule has 0 N–H and O–H groups in total. The minimum absolute atomic E-state index is 0.304. The van der Waals surface area contributed by atoms with Crippen LogP contribution >= 0.6 is 0 Å². The fourth-order valence-electron chi connectivity index (χ4n) is 7.70. The van der Waals surface area contributed by atoms with Gasteiger partial charge in [-0.25, -0.2) is 0 Å². The molecule has 2 heteroatoms. The molecule has 5 saturated carbocycles. The van der Waals surface area contributed by atoms with Crippen molar-refractivity contribution >= 4 is 19.5 Å². The Morgan fingerprint density at radius 1 is 0.933 bits per heavy atom. The van der Waals surface area contributed by atoms with Crippen molar-refractivity contribution in [2.24, 2.45) is 28.7 Å². The van der Waals surface area contributed by atoms with Crippen molar-refractivity contribution in [3.05, 3.63) is 42.0 Å². The van der Waals surface area contributed by atoms with Crippen LogP contribution in [0.2, 0.25) is 19.1 Å². The first kappa shape index (κ1) is 20.7. The molecule has 5 aliphatic rings. The molecule has 6 rings (SSSR count). The van der Waals surface area contributed by atoms with Gasteiger partial charge in [0, 0.05) is 6.21 Å². The van der Waals surface area contributed by atoms with Gasteiger partial charge in [-0.3, -0.25) is 4.99 Å². The van der Waals surface area contributed by atoms with Gasteiger partial charge in [-0.05, 0) is 86.7 Å². The molecular weight excluding hydrogens is 378 g/mol. The van der Waals surface area contributed by atoms with E-state index >= 15 is 0 Å². The maximum absolute atomic E-state index is 5.49. The summed E-state index contributed by atoms with van der Waals surface area (Å²) in [5.74, 6) is 3.73. The molecule has 4 bridgehead atoms. The molecular formula is C28H41NSi. The van der Waals surface area contributed by atoms with Gasteiger partial charge in [-0.2, -0.15) is 0 Å². The van der Waals surface area contributed by atoms with Crippen molar-refractivity contribution in [1.29, 1.82) is 0 Å². The average molecular weight is 420 g/mol. The molecule has 0 aromatic heterocycles. The molecule has 1 aromatic rings. The van der Waals surface area contributed by atoms with Crippen molar-refractivity contribution in [2.75, 3.05) is 0 Å². The van der Waals surface area contributed by atoms with Gasteiger partial charge in [0.1, 0.15) is 0 Å². The molecule has 30 heavy (non-hydrogen) atoms. The lowest BCUT2D eigenvalue weighted by atomic mass is 9.53. The van der Waals surface area contributed by atoms with Crippen LogP contribution in [0.15, 0.2) is 47.0 Å². The van der Waals surface area contributed by atoms with Crippen molar-refractivity contribution in [3.8, 4) is 0 Å². The Morgan fingerprint density at radius 3 is 2.13 bits per heavy atom. The normalized spacial score (nSPS) is 34.7. The molecule has 1 nitrogen and oxygen atoms in total. The summed E-state index contributed by atoms with van der Waals surface area (Å²) in [4.78, 5) is 5.49. The first-order valence-corrected chi connectivity index (χ1v) is 16.0. The zero-order valence-electron chi connectivity index (χ0n) is 19.3. The van der Waals surface area contributed by atoms with E-state index in [4.69, 9.17) is 4.99 Å². The zero-order valence-corrected chi connectivity index (χ0v) is 20.3. The third kappa shape index (κ3) is 4.54. The predicted octanol–water partition coefficient (Wildman–Crippen LogP) is 7.15. The molecule has 1 aromatic carbocycles. The first-order chi connectivity index (χ1) is 14.5. The van der Waals surface area contributed by atoms with Crippen molar-refractivity contribution in [1.82, 2.24) is 0 Å². The smallest absolute Gasteiger partial charge is 0.0849 e. The Balaban J connectivity index is 1.39. The van der Waals surface area contributed by atoms with E-state index in [1.165, 1.54) is 76.7 Å². The number of aliphatic imine (C=N–C) groups is 1. The van der Waals surface area contributed by atoms with Crippen LogP contribution in [0, 0.1) is 23.7 Å². The summed E-state index contributed by atoms with van der Waals surface area (Å²) in [7, 11) is -1.51. The standard InChI is InChI=1S/C28H41NSi/c1-30(2,27-11-7-4-8-12-27)21-26(13-22-9-5-3-6-10-22)20-29-28-17-23-14-24(18-28)16-25(15-23)19-28/h4,7-8,11-13,20,22-25H,3,5-6,9-10,14-19,21H2,1-2H3/b26-13-,29-20?. The second-order valence-electron chi connectivity index (χ2n) is 12.0. The lowest BCUT2D eigenvalue weighted by Gasteiger charge is -2.55. The van der Waals surface area contributed by atoms with Crippen LogP contribution < -0.4 is 5.19 Å². The van der Waals surface area contributed by atoms with E-state index in [2.05, 4.69) is 55.7 Å². The minimum Gasteiger partial charge on any atom is -0.286 e. The summed E-state index contributed by atoms with van der Waals surface area (Å²) < 4.78 is 0. The molecule has 0 aliphatic heterocycles. The highest BCUT2D eigenvalue weighted by molar-refractivity contribution is 6.90. The van der Waals surface area contributed by atoms with E-state index in [0.717, 1.165) is 23.7 Å². The summed E-state index contributed by atoms with van der Waals surface area (Å²) in [6.07, 6.45) is 20.8. The van der Waals surface area contributed by atoms with Gasteiger partial charge in [0.15, 0.2) is 0 Å². The quantitative estimate of drug-likeness (QED) is 0.343. The highest BCUT2D eigenvalue weighted by Crippen LogP contribution is 2.57. The molecule has 0 heterocycles. The van der Waals surface area contributed by atoms with Crippen LogP contribution in [0.3, 0.4) is 0 Å². The largest absolute Gasteiger partial charge is 0.286 e. The molecule has 162 valence electrons. The average Bonchev–Trinajstić information content (AvgIpc) is 2.72. The molecule has 0 spiro atoms. The Labute approximate surface area is 185 Å². The molecule has 0 saturated heterocycles. The van der Waals surface area contributed by atoms with Gasteiger partial charge in [0.25, 0.3) is 0 Å². The fourth-order valence-corrected chi connectivity index (χ4v) is 10.2. The number of hydrogen-bond acceptors (Lipinski definition) is 1. The monoisotopic (exact) mass is 419 g/mol. The van der Waals surface area contributed by atoms with E-state index in [9.17, 15) is 0 Å². The number of nitrogens with zero attached hydrogens (tertiary/aromatic N) is 1. The molecule has 5 aliphatic carbocycles. The van der Waals surface area contributed by atoms with Gasteiger partial charge in [0.05, 0.1) is 13.6 Å². The van der Waals surface area contributed by atoms with E-state index in [-0.39, 0.29) is 0 Å². The topological polar surface area (TPSA) is 12.4 Å². The maximum atomic E-state index is 5.49. The third-order valence-corrected chi connectivity index (χ3v) is 12.0. The van der Waals surface area contributed by atoms with E-state index in [1.807, 2.05) is 0 Å². The van der Waals surface area contributed by atoms with Gasteiger partial charge in [-0.1, -0.05) is 74.0 Å². The van der Waals surface area contributed by atoms with Gasteiger partial charge < -0.3 is 0 Å². The molecule has 5 fully saturated rings. The first-order valence-electron chi connectivity index (χ1n) is 12.8. The summed E-state index contributed by atoms with van der Waals surface area (Å²) in [5.41, 5.74) is 1.87. The van der Waals surface area contributed by atoms with E-state index < -0.39 is 8.07 Å². The molecule has 0 unspecified atom stereocenters. The van der Waals surface area contributed by atoms with Crippen molar-refractivity contribution < 1.29 is 0 Å². The van der Waals surface area contributed by atoms with E-state index in [1.54, 1.807) is 10.8 Å². The summed E-state index contributed by atoms with van der Waals surface area (Å²) in [5, 5.41) is 1.59. The second kappa shape index (κ2) is 8.41. The van der Waals surface area contributed by atoms with Gasteiger partial charge >= 0.3 is 0 Å². The van der Waals surface area contributed by atoms with Crippen LogP contribution in [0.1, 0.15) is 70.6 Å². The lowest BCUT2D eigenvalue weighted by Crippen LogP contribution is -2.49. The van der Waals surface area contributed by atoms with Crippen LogP contribution in [-0.2, 0) is 0 Å². The SMILES string of the molecule is C[Si](C)(C/C(C=NC12CC3CC(CC(C3)C1)C2)=C\C1CCCCC1)c1ccccc1. The third-order valence-electron chi connectivity index (χ3n) is 8.81. The Hall–Kier alpha value is -1.15. The summed E-state index contributed by atoms with van der Waals surface area (Å²) in [6, 6.07) is 12.6. The molecule has 0 amide bonds. The lowest BCUT2D eigenvalue weighted by molar-refractivity contribution is 0.00194. The second-order valence-corrected chi connectivity index (χ2v) is 16.7. The number of hydrogen-bond donors (Lipinski definition) is 0. The number of benzene rings is 1. The number of allylic oxidation sites excluding steroid dienone is 2. The van der Waals surface area contributed by atoms with E-state index in [0.29, 0.717) is 5.54 Å². The Morgan fingerprint density at radius 2 is 1.53 bits per heavy atom. The maximum Gasteiger partial charge on any atom is 0.0849 e. The zero-order chi connectivity index (χ0) is 20.6. The van der Waals surface area contributed by atoms with Crippen LogP contribution in [-0.4, -0.2) is 19.8 Å². The number of rotatable bonds is 6. The van der Waals surface area contributed by atoms with Crippen molar-refractivity contribution in [2.45, 2.75) is 95.3 Å². The molecule has 0 radical (unpaired) electrons. The fraction of sp³-hybridized carbons (Fsp3) is 0.679. The highest BCUT2D eigenvalue weighted by Gasteiger charge is 2.50. The Bertz CT molecular complexity index is 749. The van der Waals surface area contributed by atoms with Crippen LogP contribution in [0.25, 0.3) is 0 Å². The minimum atomic E-state index is -1.51. The molecule has 0 atom stereocenters. The van der Waals surface area contributed by atoms with Gasteiger partial charge in [0.2, 0.25) is 0 Å². The Kier molecular flexibility index (Phi) is 5.81. The highest BCUT2D eigenvalue weighted by atomic mass is 28.3. The van der Waals surface area contributed by atoms with Gasteiger partial charge in [-0.15, -0.1) is 0 Å². The van der Waals surface area contributed by atoms with Crippen LogP contribution in [0.5, 0.6) is 0 Å². The summed E-state index contributed by atoms with van der Waals surface area (Å²) >= 11 is 0. The predicted molar refractivity (Wildman–Crippen MR) is 132 cm³/mol. The van der Waals surface area contributed by atoms with Crippen molar-refractivity contribution in [3.63, 3.8) is 0 Å². The summed E-state index contributed by atoms with van der Waals surface area (Å²) in [6.45, 7) is 5.10. The van der Waals surface area contributed by atoms with Crippen LogP contribution in [0.4, 0.5) is 0 Å².